The molecule has 1 amide bonds. The SMILES string of the molecule is CCc1cccc(C)c1N1C(=N)SCC1=O. The second-order valence-electron chi connectivity index (χ2n) is 3.76. The zero-order valence-electron chi connectivity index (χ0n) is 9.41. The second kappa shape index (κ2) is 4.29. The Morgan fingerprint density at radius 1 is 1.50 bits per heavy atom. The summed E-state index contributed by atoms with van der Waals surface area (Å²) in [5.41, 5.74) is 3.09. The molecule has 0 saturated carbocycles. The van der Waals surface area contributed by atoms with E-state index < -0.39 is 0 Å². The maximum absolute atomic E-state index is 11.8. The number of carbonyl (C=O) groups excluding carboxylic acids is 1. The molecule has 3 nitrogen and oxygen atoms in total. The molecule has 0 unspecified atom stereocenters. The summed E-state index contributed by atoms with van der Waals surface area (Å²) >= 11 is 1.30. The summed E-state index contributed by atoms with van der Waals surface area (Å²) < 4.78 is 0. The van der Waals surface area contributed by atoms with Gasteiger partial charge in [-0.3, -0.25) is 15.1 Å². The molecule has 1 aromatic carbocycles. The van der Waals surface area contributed by atoms with E-state index in [1.807, 2.05) is 25.1 Å². The fourth-order valence-electron chi connectivity index (χ4n) is 1.92. The molecule has 0 aromatic heterocycles. The number of nitrogens with one attached hydrogen (secondary N) is 1. The van der Waals surface area contributed by atoms with Gasteiger partial charge in [-0.25, -0.2) is 0 Å². The maximum Gasteiger partial charge on any atom is 0.243 e. The molecule has 1 N–H and O–H groups in total. The van der Waals surface area contributed by atoms with Crippen LogP contribution in [0, 0.1) is 12.3 Å². The summed E-state index contributed by atoms with van der Waals surface area (Å²) in [5, 5.41) is 8.15. The number of anilines is 1. The minimum absolute atomic E-state index is 0.0130. The van der Waals surface area contributed by atoms with Crippen molar-refractivity contribution >= 4 is 28.5 Å². The molecule has 1 saturated heterocycles. The van der Waals surface area contributed by atoms with Gasteiger partial charge in [0.05, 0.1) is 11.4 Å². The topological polar surface area (TPSA) is 44.2 Å². The van der Waals surface area contributed by atoms with Crippen molar-refractivity contribution in [2.45, 2.75) is 20.3 Å². The molecule has 0 radical (unpaired) electrons. The Kier molecular flexibility index (Phi) is 3.01. The van der Waals surface area contributed by atoms with Gasteiger partial charge < -0.3 is 0 Å². The van der Waals surface area contributed by atoms with E-state index in [9.17, 15) is 4.79 Å². The molecule has 1 fully saturated rings. The van der Waals surface area contributed by atoms with Crippen LogP contribution >= 0.6 is 11.8 Å². The van der Waals surface area contributed by atoms with Crippen LogP contribution in [-0.2, 0) is 11.2 Å². The van der Waals surface area contributed by atoms with E-state index in [0.717, 1.165) is 23.2 Å². The second-order valence-corrected chi connectivity index (χ2v) is 4.72. The molecule has 2 rings (SSSR count). The average Bonchev–Trinajstić information content (AvgIpc) is 2.59. The Balaban J connectivity index is 2.54. The standard InChI is InChI=1S/C12H14N2OS/c1-3-9-6-4-5-8(2)11(9)14-10(15)7-16-12(14)13/h4-6,13H,3,7H2,1-2H3. The van der Waals surface area contributed by atoms with Crippen LogP contribution in [0.4, 0.5) is 5.69 Å². The van der Waals surface area contributed by atoms with E-state index in [4.69, 9.17) is 5.41 Å². The zero-order chi connectivity index (χ0) is 11.7. The van der Waals surface area contributed by atoms with Gasteiger partial charge in [0.25, 0.3) is 0 Å². The average molecular weight is 234 g/mol. The van der Waals surface area contributed by atoms with Crippen molar-refractivity contribution < 1.29 is 4.79 Å². The summed E-state index contributed by atoms with van der Waals surface area (Å²) in [6.07, 6.45) is 0.874. The lowest BCUT2D eigenvalue weighted by Gasteiger charge is -2.20. The van der Waals surface area contributed by atoms with Crippen LogP contribution in [0.15, 0.2) is 18.2 Å². The van der Waals surface area contributed by atoms with Crippen molar-refractivity contribution in [1.29, 1.82) is 5.41 Å². The Hall–Kier alpha value is -1.29. The molecule has 4 heteroatoms. The lowest BCUT2D eigenvalue weighted by Crippen LogP contribution is -2.30. The van der Waals surface area contributed by atoms with E-state index >= 15 is 0 Å². The first kappa shape index (κ1) is 11.2. The number of benzene rings is 1. The van der Waals surface area contributed by atoms with E-state index in [-0.39, 0.29) is 5.91 Å². The van der Waals surface area contributed by atoms with Crippen LogP contribution < -0.4 is 4.90 Å². The van der Waals surface area contributed by atoms with E-state index in [2.05, 4.69) is 6.92 Å². The number of carbonyl (C=O) groups is 1. The minimum atomic E-state index is 0.0130. The fraction of sp³-hybridized carbons (Fsp3) is 0.333. The number of rotatable bonds is 2. The molecule has 1 aliphatic rings. The highest BCUT2D eigenvalue weighted by Crippen LogP contribution is 2.31. The van der Waals surface area contributed by atoms with Gasteiger partial charge in [-0.1, -0.05) is 36.9 Å². The van der Waals surface area contributed by atoms with Crippen LogP contribution in [0.3, 0.4) is 0 Å². The lowest BCUT2D eigenvalue weighted by atomic mass is 10.0. The fourth-order valence-corrected chi connectivity index (χ4v) is 2.64. The Bertz CT molecular complexity index is 440. The Morgan fingerprint density at radius 3 is 2.81 bits per heavy atom. The Morgan fingerprint density at radius 2 is 2.25 bits per heavy atom. The predicted octanol–water partition coefficient (Wildman–Crippen LogP) is 2.57. The van der Waals surface area contributed by atoms with Gasteiger partial charge in [-0.05, 0) is 24.5 Å². The first-order chi connectivity index (χ1) is 7.65. The number of thioether (sulfide) groups is 1. The number of nitrogens with zero attached hydrogens (tertiary/aromatic N) is 1. The largest absolute Gasteiger partial charge is 0.278 e. The third-order valence-corrected chi connectivity index (χ3v) is 3.56. The van der Waals surface area contributed by atoms with E-state index in [1.54, 1.807) is 4.90 Å². The third-order valence-electron chi connectivity index (χ3n) is 2.71. The number of aryl methyl sites for hydroxylation is 2. The summed E-state index contributed by atoms with van der Waals surface area (Å²) in [6, 6.07) is 6.00. The van der Waals surface area contributed by atoms with Crippen molar-refractivity contribution in [3.63, 3.8) is 0 Å². The monoisotopic (exact) mass is 234 g/mol. The first-order valence-corrected chi connectivity index (χ1v) is 6.26. The van der Waals surface area contributed by atoms with Crippen molar-refractivity contribution in [2.75, 3.05) is 10.7 Å². The highest BCUT2D eigenvalue weighted by molar-refractivity contribution is 8.15. The smallest absolute Gasteiger partial charge is 0.243 e. The highest BCUT2D eigenvalue weighted by atomic mass is 32.2. The quantitative estimate of drug-likeness (QED) is 0.854. The number of hydrogen-bond donors (Lipinski definition) is 1. The van der Waals surface area contributed by atoms with Gasteiger partial charge in [0.15, 0.2) is 5.17 Å². The maximum atomic E-state index is 11.8. The zero-order valence-corrected chi connectivity index (χ0v) is 10.2. The van der Waals surface area contributed by atoms with E-state index in [1.165, 1.54) is 11.8 Å². The third kappa shape index (κ3) is 1.73. The number of hydrogen-bond acceptors (Lipinski definition) is 3. The van der Waals surface area contributed by atoms with Crippen LogP contribution in [0.2, 0.25) is 0 Å². The van der Waals surface area contributed by atoms with Gasteiger partial charge in [0, 0.05) is 0 Å². The molecule has 0 atom stereocenters. The van der Waals surface area contributed by atoms with Crippen LogP contribution in [0.1, 0.15) is 18.1 Å². The molecule has 1 aliphatic heterocycles. The summed E-state index contributed by atoms with van der Waals surface area (Å²) in [6.45, 7) is 4.05. The summed E-state index contributed by atoms with van der Waals surface area (Å²) in [5.74, 6) is 0.398. The van der Waals surface area contributed by atoms with E-state index in [0.29, 0.717) is 10.9 Å². The van der Waals surface area contributed by atoms with Crippen LogP contribution in [-0.4, -0.2) is 16.8 Å². The molecule has 0 bridgehead atoms. The van der Waals surface area contributed by atoms with Gasteiger partial charge in [0.1, 0.15) is 0 Å². The molecular formula is C12H14N2OS. The predicted molar refractivity (Wildman–Crippen MR) is 68.2 cm³/mol. The van der Waals surface area contributed by atoms with Crippen molar-refractivity contribution in [2.24, 2.45) is 0 Å². The molecular weight excluding hydrogens is 220 g/mol. The Labute approximate surface area is 99.3 Å². The molecule has 16 heavy (non-hydrogen) atoms. The number of amides is 1. The van der Waals surface area contributed by atoms with Crippen molar-refractivity contribution in [1.82, 2.24) is 0 Å². The van der Waals surface area contributed by atoms with Gasteiger partial charge in [-0.2, -0.15) is 0 Å². The molecule has 0 spiro atoms. The van der Waals surface area contributed by atoms with Gasteiger partial charge in [0.2, 0.25) is 5.91 Å². The highest BCUT2D eigenvalue weighted by Gasteiger charge is 2.30. The molecule has 1 heterocycles. The van der Waals surface area contributed by atoms with Crippen LogP contribution in [0.25, 0.3) is 0 Å². The normalized spacial score (nSPS) is 16.0. The lowest BCUT2D eigenvalue weighted by molar-refractivity contribution is -0.115. The number of amidine groups is 1. The van der Waals surface area contributed by atoms with Gasteiger partial charge in [-0.15, -0.1) is 0 Å². The van der Waals surface area contributed by atoms with Crippen LogP contribution in [0.5, 0.6) is 0 Å². The molecule has 84 valence electrons. The number of para-hydroxylation sites is 1. The minimum Gasteiger partial charge on any atom is -0.278 e. The van der Waals surface area contributed by atoms with Crippen molar-refractivity contribution in [3.8, 4) is 0 Å². The molecule has 1 aromatic rings. The van der Waals surface area contributed by atoms with Crippen molar-refractivity contribution in [3.05, 3.63) is 29.3 Å². The molecule has 0 aliphatic carbocycles. The summed E-state index contributed by atoms with van der Waals surface area (Å²) in [4.78, 5) is 13.3. The van der Waals surface area contributed by atoms with Gasteiger partial charge >= 0.3 is 0 Å². The first-order valence-electron chi connectivity index (χ1n) is 5.28. The summed E-state index contributed by atoms with van der Waals surface area (Å²) in [7, 11) is 0.